The van der Waals surface area contributed by atoms with Crippen LogP contribution in [0.25, 0.3) is 5.65 Å². The highest BCUT2D eigenvalue weighted by atomic mass is 79.9. The topological polar surface area (TPSA) is 85.3 Å². The minimum Gasteiger partial charge on any atom is -0.368 e. The zero-order chi connectivity index (χ0) is 10.8. The number of hydrogen-bond donors (Lipinski definition) is 2. The SMILES string of the molecule is NC(=O)CNc1nc(Br)cn2ccnc12. The number of nitrogens with two attached hydrogens (primary N) is 1. The Morgan fingerprint density at radius 1 is 1.67 bits per heavy atom. The molecule has 0 spiro atoms. The van der Waals surface area contributed by atoms with E-state index in [-0.39, 0.29) is 6.54 Å². The molecule has 2 heterocycles. The maximum absolute atomic E-state index is 10.6. The second-order valence-corrected chi connectivity index (χ2v) is 3.70. The molecule has 7 heteroatoms. The molecule has 6 nitrogen and oxygen atoms in total. The lowest BCUT2D eigenvalue weighted by atomic mass is 10.5. The van der Waals surface area contributed by atoms with Crippen LogP contribution in [-0.4, -0.2) is 26.8 Å². The minimum absolute atomic E-state index is 0.0337. The van der Waals surface area contributed by atoms with Gasteiger partial charge >= 0.3 is 0 Å². The molecule has 0 aliphatic heterocycles. The van der Waals surface area contributed by atoms with E-state index in [0.717, 1.165) is 0 Å². The van der Waals surface area contributed by atoms with Crippen molar-refractivity contribution in [1.82, 2.24) is 14.4 Å². The molecule has 0 aliphatic carbocycles. The van der Waals surface area contributed by atoms with Crippen LogP contribution in [0.1, 0.15) is 0 Å². The average Bonchev–Trinajstić information content (AvgIpc) is 2.61. The number of primary amides is 1. The molecule has 0 aliphatic rings. The Hall–Kier alpha value is -1.63. The summed E-state index contributed by atoms with van der Waals surface area (Å²) < 4.78 is 2.44. The maximum atomic E-state index is 10.6. The van der Waals surface area contributed by atoms with Crippen molar-refractivity contribution in [3.8, 4) is 0 Å². The first kappa shape index (κ1) is 9.91. The van der Waals surface area contributed by atoms with Crippen LogP contribution in [0.15, 0.2) is 23.2 Å². The number of aromatic nitrogens is 3. The second-order valence-electron chi connectivity index (χ2n) is 2.89. The first-order valence-corrected chi connectivity index (χ1v) is 4.97. The number of carbonyl (C=O) groups excluding carboxylic acids is 1. The van der Waals surface area contributed by atoms with Gasteiger partial charge in [-0.3, -0.25) is 4.79 Å². The Morgan fingerprint density at radius 2 is 2.47 bits per heavy atom. The number of nitrogens with one attached hydrogen (secondary N) is 1. The number of amides is 1. The third-order valence-electron chi connectivity index (χ3n) is 1.77. The van der Waals surface area contributed by atoms with E-state index in [0.29, 0.717) is 16.1 Å². The first-order valence-electron chi connectivity index (χ1n) is 4.18. The van der Waals surface area contributed by atoms with Crippen LogP contribution in [0.2, 0.25) is 0 Å². The highest BCUT2D eigenvalue weighted by molar-refractivity contribution is 9.10. The molecule has 2 aromatic heterocycles. The molecule has 0 fully saturated rings. The van der Waals surface area contributed by atoms with Gasteiger partial charge in [0.15, 0.2) is 11.5 Å². The molecule has 2 aromatic rings. The van der Waals surface area contributed by atoms with Crippen LogP contribution in [-0.2, 0) is 4.79 Å². The van der Waals surface area contributed by atoms with Crippen LogP contribution in [0.5, 0.6) is 0 Å². The second kappa shape index (κ2) is 3.85. The molecule has 15 heavy (non-hydrogen) atoms. The lowest BCUT2D eigenvalue weighted by molar-refractivity contribution is -0.116. The van der Waals surface area contributed by atoms with Gasteiger partial charge < -0.3 is 15.5 Å². The van der Waals surface area contributed by atoms with E-state index in [1.807, 2.05) is 0 Å². The Balaban J connectivity index is 2.39. The van der Waals surface area contributed by atoms with E-state index < -0.39 is 5.91 Å². The van der Waals surface area contributed by atoms with E-state index >= 15 is 0 Å². The highest BCUT2D eigenvalue weighted by Gasteiger charge is 2.06. The van der Waals surface area contributed by atoms with Gasteiger partial charge in [0.05, 0.1) is 6.54 Å². The van der Waals surface area contributed by atoms with E-state index in [1.54, 1.807) is 23.0 Å². The smallest absolute Gasteiger partial charge is 0.236 e. The summed E-state index contributed by atoms with van der Waals surface area (Å²) >= 11 is 3.26. The summed E-state index contributed by atoms with van der Waals surface area (Å²) in [7, 11) is 0. The summed E-state index contributed by atoms with van der Waals surface area (Å²) in [6, 6.07) is 0. The monoisotopic (exact) mass is 269 g/mol. The molecular weight excluding hydrogens is 262 g/mol. The third-order valence-corrected chi connectivity index (χ3v) is 2.16. The van der Waals surface area contributed by atoms with Crippen molar-refractivity contribution < 1.29 is 4.79 Å². The van der Waals surface area contributed by atoms with Gasteiger partial charge in [-0.1, -0.05) is 0 Å². The first-order chi connectivity index (χ1) is 7.16. The highest BCUT2D eigenvalue weighted by Crippen LogP contribution is 2.16. The van der Waals surface area contributed by atoms with E-state index in [4.69, 9.17) is 5.73 Å². The average molecular weight is 270 g/mol. The number of anilines is 1. The van der Waals surface area contributed by atoms with Crippen molar-refractivity contribution in [3.63, 3.8) is 0 Å². The molecule has 0 saturated heterocycles. The molecule has 0 radical (unpaired) electrons. The Bertz CT molecular complexity index is 509. The summed E-state index contributed by atoms with van der Waals surface area (Å²) in [6.45, 7) is 0.0337. The number of hydrogen-bond acceptors (Lipinski definition) is 4. The van der Waals surface area contributed by atoms with Crippen molar-refractivity contribution in [2.24, 2.45) is 5.73 Å². The van der Waals surface area contributed by atoms with Gasteiger partial charge in [0.2, 0.25) is 5.91 Å². The van der Waals surface area contributed by atoms with Crippen LogP contribution in [0.4, 0.5) is 5.82 Å². The van der Waals surface area contributed by atoms with Gasteiger partial charge in [-0.2, -0.15) is 0 Å². The van der Waals surface area contributed by atoms with Crippen LogP contribution >= 0.6 is 15.9 Å². The van der Waals surface area contributed by atoms with Crippen LogP contribution in [0.3, 0.4) is 0 Å². The molecule has 0 atom stereocenters. The Labute approximate surface area is 93.6 Å². The fourth-order valence-corrected chi connectivity index (χ4v) is 1.59. The van der Waals surface area contributed by atoms with Crippen molar-refractivity contribution in [1.29, 1.82) is 0 Å². The normalized spacial score (nSPS) is 10.5. The Kier molecular flexibility index (Phi) is 2.55. The van der Waals surface area contributed by atoms with Crippen LogP contribution < -0.4 is 11.1 Å². The van der Waals surface area contributed by atoms with E-state index in [1.165, 1.54) is 0 Å². The van der Waals surface area contributed by atoms with Crippen molar-refractivity contribution in [2.45, 2.75) is 0 Å². The predicted molar refractivity (Wildman–Crippen MR) is 58.4 cm³/mol. The summed E-state index contributed by atoms with van der Waals surface area (Å²) in [4.78, 5) is 18.9. The standard InChI is InChI=1S/C8H8BrN5O/c9-5-4-14-2-1-11-8(14)7(13-5)12-3-6(10)15/h1-2,4H,3H2,(H2,10,15)(H,12,13). The maximum Gasteiger partial charge on any atom is 0.236 e. The van der Waals surface area contributed by atoms with E-state index in [9.17, 15) is 4.79 Å². The molecule has 3 N–H and O–H groups in total. The van der Waals surface area contributed by atoms with Crippen LogP contribution in [0, 0.1) is 0 Å². The minimum atomic E-state index is -0.443. The third kappa shape index (κ3) is 2.07. The molecule has 78 valence electrons. The van der Waals surface area contributed by atoms with E-state index in [2.05, 4.69) is 31.2 Å². The molecule has 0 bridgehead atoms. The zero-order valence-corrected chi connectivity index (χ0v) is 9.23. The molecular formula is C8H8BrN5O. The summed E-state index contributed by atoms with van der Waals surface area (Å²) in [6.07, 6.45) is 5.22. The lowest BCUT2D eigenvalue weighted by Crippen LogP contribution is -2.22. The van der Waals surface area contributed by atoms with Crippen molar-refractivity contribution in [2.75, 3.05) is 11.9 Å². The fraction of sp³-hybridized carbons (Fsp3) is 0.125. The van der Waals surface area contributed by atoms with Gasteiger partial charge in [0.1, 0.15) is 4.60 Å². The van der Waals surface area contributed by atoms with Gasteiger partial charge in [-0.05, 0) is 15.9 Å². The molecule has 0 aromatic carbocycles. The van der Waals surface area contributed by atoms with Gasteiger partial charge in [0, 0.05) is 18.6 Å². The summed E-state index contributed by atoms with van der Waals surface area (Å²) in [5, 5.41) is 2.82. The number of carbonyl (C=O) groups is 1. The molecule has 0 saturated carbocycles. The predicted octanol–water partition coefficient (Wildman–Crippen LogP) is 0.389. The van der Waals surface area contributed by atoms with Gasteiger partial charge in [-0.25, -0.2) is 9.97 Å². The summed E-state index contributed by atoms with van der Waals surface area (Å²) in [5.41, 5.74) is 5.68. The number of rotatable bonds is 3. The van der Waals surface area contributed by atoms with Gasteiger partial charge in [0.25, 0.3) is 0 Å². The number of fused-ring (bicyclic) bond motifs is 1. The van der Waals surface area contributed by atoms with Gasteiger partial charge in [-0.15, -0.1) is 0 Å². The largest absolute Gasteiger partial charge is 0.368 e. The number of halogens is 1. The van der Waals surface area contributed by atoms with Crippen molar-refractivity contribution in [3.05, 3.63) is 23.2 Å². The zero-order valence-electron chi connectivity index (χ0n) is 7.64. The molecule has 0 unspecified atom stereocenters. The fourth-order valence-electron chi connectivity index (χ4n) is 1.19. The summed E-state index contributed by atoms with van der Waals surface area (Å²) in [5.74, 6) is 0.0784. The Morgan fingerprint density at radius 3 is 3.20 bits per heavy atom. The lowest BCUT2D eigenvalue weighted by Gasteiger charge is -2.05. The quantitative estimate of drug-likeness (QED) is 0.844. The number of imidazole rings is 1. The molecule has 2 rings (SSSR count). The van der Waals surface area contributed by atoms with Crippen molar-refractivity contribution >= 4 is 33.3 Å². The molecule has 1 amide bonds. The number of nitrogens with zero attached hydrogens (tertiary/aromatic N) is 3.